The summed E-state index contributed by atoms with van der Waals surface area (Å²) in [5.74, 6) is 0.822. The van der Waals surface area contributed by atoms with E-state index in [9.17, 15) is 14.9 Å². The lowest BCUT2D eigenvalue weighted by Crippen LogP contribution is -2.22. The highest BCUT2D eigenvalue weighted by Gasteiger charge is 2.18. The molecule has 2 aromatic carbocycles. The number of para-hydroxylation sites is 2. The van der Waals surface area contributed by atoms with Crippen LogP contribution in [0.1, 0.15) is 11.3 Å². The lowest BCUT2D eigenvalue weighted by molar-refractivity contribution is -0.384. The van der Waals surface area contributed by atoms with E-state index in [4.69, 9.17) is 4.42 Å². The molecule has 3 heterocycles. The Bertz CT molecular complexity index is 1530. The summed E-state index contributed by atoms with van der Waals surface area (Å²) in [7, 11) is 0. The first-order chi connectivity index (χ1) is 14.0. The van der Waals surface area contributed by atoms with Gasteiger partial charge in [-0.25, -0.2) is 9.38 Å². The topological polar surface area (TPSA) is 90.7 Å². The zero-order valence-electron chi connectivity index (χ0n) is 15.2. The molecule has 0 saturated carbocycles. The van der Waals surface area contributed by atoms with Crippen molar-refractivity contribution in [1.82, 2.24) is 9.38 Å². The van der Waals surface area contributed by atoms with Gasteiger partial charge in [0.15, 0.2) is 4.96 Å². The van der Waals surface area contributed by atoms with E-state index in [0.717, 1.165) is 16.6 Å². The van der Waals surface area contributed by atoms with Crippen LogP contribution in [0.15, 0.2) is 63.8 Å². The number of nitrogens with zero attached hydrogens (tertiary/aromatic N) is 3. The molecule has 0 amide bonds. The molecule has 0 fully saturated rings. The summed E-state index contributed by atoms with van der Waals surface area (Å²) in [6, 6.07) is 15.8. The number of hydrogen-bond acceptors (Lipinski definition) is 6. The average molecular weight is 403 g/mol. The first-order valence-electron chi connectivity index (χ1n) is 8.78. The van der Waals surface area contributed by atoms with Crippen LogP contribution in [-0.4, -0.2) is 14.3 Å². The maximum absolute atomic E-state index is 12.8. The number of imidazole rings is 1. The van der Waals surface area contributed by atoms with Gasteiger partial charge in [-0.15, -0.1) is 0 Å². The summed E-state index contributed by atoms with van der Waals surface area (Å²) in [6.07, 6.45) is 1.64. The van der Waals surface area contributed by atoms with Gasteiger partial charge >= 0.3 is 0 Å². The first-order valence-corrected chi connectivity index (χ1v) is 9.60. The molecule has 0 bridgehead atoms. The Labute approximate surface area is 167 Å². The Morgan fingerprint density at radius 3 is 2.83 bits per heavy atom. The molecule has 0 spiro atoms. The molecule has 29 heavy (non-hydrogen) atoms. The van der Waals surface area contributed by atoms with Crippen LogP contribution in [0.4, 0.5) is 5.69 Å². The molecule has 5 rings (SSSR count). The van der Waals surface area contributed by atoms with Gasteiger partial charge < -0.3 is 4.42 Å². The van der Waals surface area contributed by atoms with Crippen LogP contribution in [0, 0.1) is 17.0 Å². The summed E-state index contributed by atoms with van der Waals surface area (Å²) in [4.78, 5) is 28.9. The van der Waals surface area contributed by atoms with Crippen molar-refractivity contribution in [1.29, 1.82) is 0 Å². The maximum atomic E-state index is 12.8. The molecule has 0 aliphatic heterocycles. The van der Waals surface area contributed by atoms with Gasteiger partial charge in [0.05, 0.1) is 21.5 Å². The molecule has 3 aromatic heterocycles. The van der Waals surface area contributed by atoms with Crippen molar-refractivity contribution >= 4 is 39.1 Å². The third-order valence-electron chi connectivity index (χ3n) is 4.66. The predicted octanol–water partition coefficient (Wildman–Crippen LogP) is 3.93. The minimum Gasteiger partial charge on any atom is -0.456 e. The van der Waals surface area contributed by atoms with E-state index in [2.05, 4.69) is 4.98 Å². The smallest absolute Gasteiger partial charge is 0.280 e. The fraction of sp³-hybridized carbons (Fsp3) is 0.0476. The van der Waals surface area contributed by atoms with Crippen molar-refractivity contribution < 1.29 is 9.34 Å². The molecule has 8 heteroatoms. The third kappa shape index (κ3) is 2.81. The summed E-state index contributed by atoms with van der Waals surface area (Å²) in [5.41, 5.74) is 2.54. The minimum atomic E-state index is -0.427. The highest BCUT2D eigenvalue weighted by atomic mass is 32.1. The van der Waals surface area contributed by atoms with Gasteiger partial charge in [-0.3, -0.25) is 14.9 Å². The van der Waals surface area contributed by atoms with Crippen molar-refractivity contribution in [2.24, 2.45) is 0 Å². The van der Waals surface area contributed by atoms with Crippen LogP contribution in [-0.2, 0) is 0 Å². The summed E-state index contributed by atoms with van der Waals surface area (Å²) in [6.45, 7) is 1.80. The summed E-state index contributed by atoms with van der Waals surface area (Å²) in [5, 5.41) is 11.4. The molecular formula is C21H13N3O4S. The van der Waals surface area contributed by atoms with Gasteiger partial charge in [0, 0.05) is 12.1 Å². The number of aryl methyl sites for hydroxylation is 1. The summed E-state index contributed by atoms with van der Waals surface area (Å²) < 4.78 is 7.87. The normalized spacial score (nSPS) is 12.2. The second kappa shape index (κ2) is 6.39. The van der Waals surface area contributed by atoms with Crippen LogP contribution in [0.5, 0.6) is 0 Å². The number of fused-ring (bicyclic) bond motifs is 3. The lowest BCUT2D eigenvalue weighted by Gasteiger charge is -2.00. The fourth-order valence-corrected chi connectivity index (χ4v) is 4.28. The number of rotatable bonds is 3. The first kappa shape index (κ1) is 17.3. The fourth-order valence-electron chi connectivity index (χ4n) is 3.32. The van der Waals surface area contributed by atoms with E-state index in [-0.39, 0.29) is 11.2 Å². The SMILES string of the molecule is Cc1ccc(-c2ccc(/C=c3\sc4nc5ccccc5n4c3=O)o2)c([N+](=O)[O-])c1. The number of thiazole rings is 1. The second-order valence-electron chi connectivity index (χ2n) is 6.61. The molecule has 0 unspecified atom stereocenters. The monoisotopic (exact) mass is 403 g/mol. The maximum Gasteiger partial charge on any atom is 0.280 e. The number of furan rings is 1. The van der Waals surface area contributed by atoms with Crippen LogP contribution in [0.3, 0.4) is 0 Å². The quantitative estimate of drug-likeness (QED) is 0.336. The highest BCUT2D eigenvalue weighted by Crippen LogP contribution is 2.32. The Morgan fingerprint density at radius 1 is 1.17 bits per heavy atom. The molecule has 0 aliphatic rings. The Kier molecular flexibility index (Phi) is 3.82. The number of nitro groups is 1. The Morgan fingerprint density at radius 2 is 2.00 bits per heavy atom. The largest absolute Gasteiger partial charge is 0.456 e. The molecule has 142 valence electrons. The number of benzene rings is 2. The van der Waals surface area contributed by atoms with Crippen LogP contribution in [0.25, 0.3) is 33.4 Å². The molecule has 5 aromatic rings. The van der Waals surface area contributed by atoms with Crippen molar-refractivity contribution in [3.8, 4) is 11.3 Å². The van der Waals surface area contributed by atoms with Crippen LogP contribution in [0.2, 0.25) is 0 Å². The van der Waals surface area contributed by atoms with Gasteiger partial charge in [-0.1, -0.05) is 29.5 Å². The van der Waals surface area contributed by atoms with Gasteiger partial charge in [0.1, 0.15) is 16.1 Å². The average Bonchev–Trinajstić information content (AvgIpc) is 3.38. The summed E-state index contributed by atoms with van der Waals surface area (Å²) >= 11 is 1.28. The van der Waals surface area contributed by atoms with Gasteiger partial charge in [0.2, 0.25) is 0 Å². The van der Waals surface area contributed by atoms with E-state index in [1.165, 1.54) is 17.4 Å². The van der Waals surface area contributed by atoms with Crippen LogP contribution < -0.4 is 10.1 Å². The molecule has 0 radical (unpaired) electrons. The standard InChI is InChI=1S/C21H13N3O4S/c1-12-6-8-14(17(10-12)24(26)27)18-9-7-13(28-18)11-19-20(25)23-16-5-3-2-4-15(16)22-21(23)29-19/h2-11H,1H3/b19-11-. The second-order valence-corrected chi connectivity index (χ2v) is 7.62. The van der Waals surface area contributed by atoms with E-state index in [1.807, 2.05) is 24.3 Å². The van der Waals surface area contributed by atoms with Crippen molar-refractivity contribution in [2.45, 2.75) is 6.92 Å². The molecule has 0 saturated heterocycles. The minimum absolute atomic E-state index is 0.0172. The van der Waals surface area contributed by atoms with Crippen molar-refractivity contribution in [2.75, 3.05) is 0 Å². The van der Waals surface area contributed by atoms with E-state index >= 15 is 0 Å². The Hall–Kier alpha value is -3.78. The van der Waals surface area contributed by atoms with Gasteiger partial charge in [0.25, 0.3) is 11.2 Å². The van der Waals surface area contributed by atoms with Crippen LogP contribution >= 0.6 is 11.3 Å². The van der Waals surface area contributed by atoms with E-state index in [1.54, 1.807) is 41.7 Å². The zero-order valence-corrected chi connectivity index (χ0v) is 16.0. The van der Waals surface area contributed by atoms with E-state index < -0.39 is 4.92 Å². The van der Waals surface area contributed by atoms with Crippen molar-refractivity contribution in [3.05, 3.63) is 90.9 Å². The Balaban J connectivity index is 1.62. The van der Waals surface area contributed by atoms with Gasteiger partial charge in [-0.05, 0) is 42.8 Å². The lowest BCUT2D eigenvalue weighted by atomic mass is 10.1. The molecule has 0 atom stereocenters. The number of nitro benzene ring substituents is 1. The molecular weight excluding hydrogens is 390 g/mol. The third-order valence-corrected chi connectivity index (χ3v) is 5.63. The number of aromatic nitrogens is 2. The zero-order chi connectivity index (χ0) is 20.1. The molecule has 7 nitrogen and oxygen atoms in total. The van der Waals surface area contributed by atoms with Crippen molar-refractivity contribution in [3.63, 3.8) is 0 Å². The number of hydrogen-bond donors (Lipinski definition) is 0. The molecule has 0 aliphatic carbocycles. The highest BCUT2D eigenvalue weighted by molar-refractivity contribution is 7.15. The molecule has 0 N–H and O–H groups in total. The van der Waals surface area contributed by atoms with E-state index in [0.29, 0.717) is 26.6 Å². The predicted molar refractivity (Wildman–Crippen MR) is 111 cm³/mol. The van der Waals surface area contributed by atoms with Gasteiger partial charge in [-0.2, -0.15) is 0 Å².